The molecule has 0 spiro atoms. The third kappa shape index (κ3) is 4.68. The maximum Gasteiger partial charge on any atom is 0.212 e. The van der Waals surface area contributed by atoms with Crippen LogP contribution in [-0.2, 0) is 0 Å². The van der Waals surface area contributed by atoms with E-state index in [2.05, 4.69) is 10.7 Å². The summed E-state index contributed by atoms with van der Waals surface area (Å²) in [6.07, 6.45) is 24.4. The summed E-state index contributed by atoms with van der Waals surface area (Å²) in [4.78, 5) is 7.65. The molecule has 2 aliphatic carbocycles. The highest BCUT2D eigenvalue weighted by molar-refractivity contribution is 7.17. The van der Waals surface area contributed by atoms with Crippen molar-refractivity contribution < 1.29 is 0 Å². The smallest absolute Gasteiger partial charge is 0.211 e. The highest BCUT2D eigenvalue weighted by atomic mass is 32.1. The predicted octanol–water partition coefficient (Wildman–Crippen LogP) is 7.23. The Morgan fingerprint density at radius 1 is 0.692 bits per heavy atom. The summed E-state index contributed by atoms with van der Waals surface area (Å²) in [5.74, 6) is 2.46. The monoisotopic (exact) mass is 373 g/mol. The van der Waals surface area contributed by atoms with Crippen molar-refractivity contribution in [3.8, 4) is 0 Å². The molecule has 2 aliphatic rings. The maximum atomic E-state index is 4.99. The molecule has 0 bridgehead atoms. The summed E-state index contributed by atoms with van der Waals surface area (Å²) in [6.45, 7) is 0. The third-order valence-corrected chi connectivity index (χ3v) is 7.69. The number of thiazole rings is 1. The van der Waals surface area contributed by atoms with E-state index >= 15 is 0 Å². The lowest BCUT2D eigenvalue weighted by atomic mass is 9.96. The molecule has 0 atom stereocenters. The van der Waals surface area contributed by atoms with Crippen molar-refractivity contribution in [3.05, 3.63) is 16.9 Å². The van der Waals surface area contributed by atoms with Crippen molar-refractivity contribution in [2.75, 3.05) is 0 Å². The number of rotatable bonds is 2. The second kappa shape index (κ2) is 9.34. The lowest BCUT2D eigenvalue weighted by Gasteiger charge is -2.13. The number of aromatic nitrogens is 3. The van der Waals surface area contributed by atoms with E-state index in [1.165, 1.54) is 108 Å². The van der Waals surface area contributed by atoms with E-state index in [9.17, 15) is 0 Å². The van der Waals surface area contributed by atoms with Gasteiger partial charge in [0.15, 0.2) is 5.82 Å². The predicted molar refractivity (Wildman–Crippen MR) is 110 cm³/mol. The van der Waals surface area contributed by atoms with Gasteiger partial charge in [0.1, 0.15) is 0 Å². The minimum atomic E-state index is 0.591. The van der Waals surface area contributed by atoms with E-state index in [0.29, 0.717) is 5.92 Å². The van der Waals surface area contributed by atoms with E-state index in [-0.39, 0.29) is 0 Å². The Labute approximate surface area is 162 Å². The highest BCUT2D eigenvalue weighted by Crippen LogP contribution is 2.35. The average molecular weight is 374 g/mol. The molecule has 2 aromatic heterocycles. The van der Waals surface area contributed by atoms with Crippen LogP contribution in [-0.4, -0.2) is 14.6 Å². The molecule has 2 fully saturated rings. The van der Waals surface area contributed by atoms with Crippen molar-refractivity contribution in [1.82, 2.24) is 14.6 Å². The van der Waals surface area contributed by atoms with E-state index in [1.54, 1.807) is 0 Å². The van der Waals surface area contributed by atoms with Crippen molar-refractivity contribution in [2.24, 2.45) is 0 Å². The van der Waals surface area contributed by atoms with Gasteiger partial charge in [-0.2, -0.15) is 5.10 Å². The molecule has 4 rings (SSSR count). The fourth-order valence-electron chi connectivity index (χ4n) is 4.90. The molecular formula is C22H35N3S. The normalized spacial score (nSPS) is 22.9. The fraction of sp³-hybridized carbons (Fsp3) is 0.818. The van der Waals surface area contributed by atoms with Crippen LogP contribution in [0.5, 0.6) is 0 Å². The van der Waals surface area contributed by atoms with Crippen LogP contribution in [0.25, 0.3) is 4.96 Å². The minimum Gasteiger partial charge on any atom is -0.211 e. The topological polar surface area (TPSA) is 30.2 Å². The molecule has 144 valence electrons. The molecule has 3 nitrogen and oxygen atoms in total. The van der Waals surface area contributed by atoms with Crippen molar-refractivity contribution in [3.63, 3.8) is 0 Å². The standard InChI is InChI=1S/C22H35N3S/c1-2-6-10-14-18(13-9-5-1)20-17-25-22(26-20)23-21(24-25)19-15-11-7-3-4-8-12-16-19/h17-19H,1-16H2. The summed E-state index contributed by atoms with van der Waals surface area (Å²) in [6, 6.07) is 0. The van der Waals surface area contributed by atoms with Crippen LogP contribution < -0.4 is 0 Å². The lowest BCUT2D eigenvalue weighted by Crippen LogP contribution is -2.02. The summed E-state index contributed by atoms with van der Waals surface area (Å²) >= 11 is 1.91. The molecule has 0 unspecified atom stereocenters. The van der Waals surface area contributed by atoms with Gasteiger partial charge in [0.05, 0.1) is 0 Å². The molecule has 4 heteroatoms. The van der Waals surface area contributed by atoms with Crippen molar-refractivity contribution in [1.29, 1.82) is 0 Å². The summed E-state index contributed by atoms with van der Waals surface area (Å²) in [7, 11) is 0. The molecule has 2 heterocycles. The first-order valence-corrected chi connectivity index (χ1v) is 12.1. The van der Waals surface area contributed by atoms with E-state index in [0.717, 1.165) is 16.7 Å². The van der Waals surface area contributed by atoms with Gasteiger partial charge in [-0.25, -0.2) is 9.50 Å². The largest absolute Gasteiger partial charge is 0.212 e. The second-order valence-electron chi connectivity index (χ2n) is 8.62. The van der Waals surface area contributed by atoms with Crippen LogP contribution in [0.3, 0.4) is 0 Å². The molecule has 0 aliphatic heterocycles. The van der Waals surface area contributed by atoms with Gasteiger partial charge in [0.2, 0.25) is 4.96 Å². The van der Waals surface area contributed by atoms with Gasteiger partial charge < -0.3 is 0 Å². The number of hydrogen-bond acceptors (Lipinski definition) is 3. The van der Waals surface area contributed by atoms with Gasteiger partial charge in [-0.1, -0.05) is 88.4 Å². The number of fused-ring (bicyclic) bond motifs is 1. The van der Waals surface area contributed by atoms with Gasteiger partial charge in [-0.05, 0) is 31.6 Å². The van der Waals surface area contributed by atoms with Gasteiger partial charge in [0.25, 0.3) is 0 Å². The first kappa shape index (κ1) is 18.5. The molecule has 0 saturated heterocycles. The van der Waals surface area contributed by atoms with Gasteiger partial charge in [-0.15, -0.1) is 0 Å². The summed E-state index contributed by atoms with van der Waals surface area (Å²) in [5, 5.41) is 4.93. The Morgan fingerprint density at radius 3 is 1.73 bits per heavy atom. The Morgan fingerprint density at radius 2 is 1.19 bits per heavy atom. The molecular weight excluding hydrogens is 338 g/mol. The highest BCUT2D eigenvalue weighted by Gasteiger charge is 2.21. The van der Waals surface area contributed by atoms with Crippen LogP contribution >= 0.6 is 11.3 Å². The number of nitrogens with zero attached hydrogens (tertiary/aromatic N) is 3. The lowest BCUT2D eigenvalue weighted by molar-refractivity contribution is 0.515. The molecule has 0 aromatic carbocycles. The van der Waals surface area contributed by atoms with Crippen LogP contribution in [0.15, 0.2) is 6.20 Å². The van der Waals surface area contributed by atoms with E-state index in [4.69, 9.17) is 10.1 Å². The fourth-order valence-corrected chi connectivity index (χ4v) is 5.99. The van der Waals surface area contributed by atoms with E-state index in [1.807, 2.05) is 11.3 Å². The van der Waals surface area contributed by atoms with Gasteiger partial charge in [-0.3, -0.25) is 0 Å². The van der Waals surface area contributed by atoms with Crippen LogP contribution in [0.4, 0.5) is 0 Å². The molecule has 0 radical (unpaired) electrons. The minimum absolute atomic E-state index is 0.591. The Kier molecular flexibility index (Phi) is 6.63. The Balaban J connectivity index is 1.47. The Hall–Kier alpha value is -0.900. The van der Waals surface area contributed by atoms with Crippen LogP contribution in [0, 0.1) is 0 Å². The van der Waals surface area contributed by atoms with Crippen molar-refractivity contribution in [2.45, 2.75) is 115 Å². The van der Waals surface area contributed by atoms with E-state index < -0.39 is 0 Å². The number of hydrogen-bond donors (Lipinski definition) is 0. The molecule has 2 saturated carbocycles. The quantitative estimate of drug-likeness (QED) is 0.556. The molecule has 0 N–H and O–H groups in total. The first-order chi connectivity index (χ1) is 12.9. The SMILES string of the molecule is c1c(C2CCCCCCCC2)sc2nc(C3CCCCCCCC3)nn12. The summed E-state index contributed by atoms with van der Waals surface area (Å²) < 4.78 is 2.11. The zero-order valence-corrected chi connectivity index (χ0v) is 17.1. The van der Waals surface area contributed by atoms with Crippen LogP contribution in [0.2, 0.25) is 0 Å². The van der Waals surface area contributed by atoms with Gasteiger partial charge in [0, 0.05) is 17.0 Å². The molecule has 26 heavy (non-hydrogen) atoms. The van der Waals surface area contributed by atoms with Gasteiger partial charge >= 0.3 is 0 Å². The first-order valence-electron chi connectivity index (χ1n) is 11.3. The van der Waals surface area contributed by atoms with Crippen LogP contribution in [0.1, 0.15) is 125 Å². The second-order valence-corrected chi connectivity index (χ2v) is 9.66. The zero-order valence-electron chi connectivity index (χ0n) is 16.3. The third-order valence-electron chi connectivity index (χ3n) is 6.55. The zero-order chi connectivity index (χ0) is 17.6. The summed E-state index contributed by atoms with van der Waals surface area (Å²) in [5.41, 5.74) is 0. The molecule has 2 aromatic rings. The average Bonchev–Trinajstić information content (AvgIpc) is 3.26. The maximum absolute atomic E-state index is 4.99. The van der Waals surface area contributed by atoms with Crippen molar-refractivity contribution >= 4 is 16.3 Å². The Bertz CT molecular complexity index is 569. The molecule has 0 amide bonds.